The molecule has 19 heavy (non-hydrogen) atoms. The smallest absolute Gasteiger partial charge is 0.263 e. The van der Waals surface area contributed by atoms with Gasteiger partial charge < -0.3 is 13.6 Å². The SMILES string of the molecule is CCO/C(=C\C(O[Si](C)(C)C)C(C)C)O[Si](C)(C)C. The van der Waals surface area contributed by atoms with E-state index >= 15 is 0 Å². The number of hydrogen-bond acceptors (Lipinski definition) is 3. The molecular weight excluding hydrogens is 272 g/mol. The van der Waals surface area contributed by atoms with Crippen molar-refractivity contribution in [3.8, 4) is 0 Å². The molecule has 0 fully saturated rings. The molecule has 0 aromatic rings. The molecule has 0 amide bonds. The highest BCUT2D eigenvalue weighted by atomic mass is 28.4. The summed E-state index contributed by atoms with van der Waals surface area (Å²) in [5.74, 6) is 1.05. The van der Waals surface area contributed by atoms with Crippen LogP contribution in [-0.4, -0.2) is 29.3 Å². The van der Waals surface area contributed by atoms with Crippen LogP contribution in [0.1, 0.15) is 20.8 Å². The highest BCUT2D eigenvalue weighted by molar-refractivity contribution is 6.70. The molecule has 0 rings (SSSR count). The lowest BCUT2D eigenvalue weighted by atomic mass is 10.1. The average Bonchev–Trinajstić information content (AvgIpc) is 2.11. The summed E-state index contributed by atoms with van der Waals surface area (Å²) in [6.45, 7) is 20.0. The minimum Gasteiger partial charge on any atom is -0.520 e. The van der Waals surface area contributed by atoms with E-state index in [9.17, 15) is 0 Å². The van der Waals surface area contributed by atoms with Gasteiger partial charge in [-0.2, -0.15) is 0 Å². The van der Waals surface area contributed by atoms with Gasteiger partial charge in [0.25, 0.3) is 5.95 Å². The van der Waals surface area contributed by atoms with Gasteiger partial charge in [-0.15, -0.1) is 0 Å². The minimum atomic E-state index is -1.66. The van der Waals surface area contributed by atoms with E-state index < -0.39 is 16.6 Å². The van der Waals surface area contributed by atoms with Gasteiger partial charge in [-0.05, 0) is 52.1 Å². The van der Waals surface area contributed by atoms with E-state index in [2.05, 4.69) is 53.1 Å². The molecule has 114 valence electrons. The standard InChI is InChI=1S/C14H32O3Si2/c1-10-15-14(17-19(7,8)9)11-13(12(2)3)16-18(4,5)6/h11-13H,10H2,1-9H3/b14-11+. The fourth-order valence-electron chi connectivity index (χ4n) is 1.46. The van der Waals surface area contributed by atoms with Crippen LogP contribution in [0.3, 0.4) is 0 Å². The molecule has 0 saturated carbocycles. The monoisotopic (exact) mass is 304 g/mol. The first kappa shape index (κ1) is 18.7. The van der Waals surface area contributed by atoms with E-state index in [4.69, 9.17) is 13.6 Å². The molecule has 5 heteroatoms. The third-order valence-corrected chi connectivity index (χ3v) is 3.93. The summed E-state index contributed by atoms with van der Waals surface area (Å²) in [4.78, 5) is 0. The van der Waals surface area contributed by atoms with E-state index in [1.165, 1.54) is 0 Å². The summed E-state index contributed by atoms with van der Waals surface area (Å²) in [5, 5.41) is 0. The van der Waals surface area contributed by atoms with E-state index in [1.54, 1.807) is 0 Å². The first-order valence-electron chi connectivity index (χ1n) is 7.16. The first-order valence-corrected chi connectivity index (χ1v) is 14.0. The van der Waals surface area contributed by atoms with Gasteiger partial charge >= 0.3 is 0 Å². The second-order valence-electron chi connectivity index (χ2n) is 7.07. The first-order chi connectivity index (χ1) is 8.44. The zero-order valence-corrected chi connectivity index (χ0v) is 16.2. The maximum atomic E-state index is 6.21. The second kappa shape index (κ2) is 7.50. The van der Waals surface area contributed by atoms with Crippen LogP contribution in [0, 0.1) is 5.92 Å². The zero-order chi connectivity index (χ0) is 15.3. The van der Waals surface area contributed by atoms with Crippen LogP contribution in [-0.2, 0) is 13.6 Å². The molecule has 0 aromatic heterocycles. The molecule has 0 spiro atoms. The van der Waals surface area contributed by atoms with Crippen molar-refractivity contribution in [3.05, 3.63) is 12.0 Å². The molecule has 0 N–H and O–H groups in total. The van der Waals surface area contributed by atoms with Crippen molar-refractivity contribution in [2.75, 3.05) is 6.61 Å². The molecule has 0 saturated heterocycles. The van der Waals surface area contributed by atoms with E-state index in [0.717, 1.165) is 0 Å². The van der Waals surface area contributed by atoms with Crippen molar-refractivity contribution in [3.63, 3.8) is 0 Å². The molecule has 0 heterocycles. The normalized spacial score (nSPS) is 15.6. The molecule has 0 aliphatic carbocycles. The Balaban J connectivity index is 5.01. The van der Waals surface area contributed by atoms with Gasteiger partial charge in [0.1, 0.15) is 0 Å². The van der Waals surface area contributed by atoms with E-state index in [-0.39, 0.29) is 6.10 Å². The second-order valence-corrected chi connectivity index (χ2v) is 16.0. The molecule has 0 bridgehead atoms. The van der Waals surface area contributed by atoms with Gasteiger partial charge in [-0.3, -0.25) is 0 Å². The van der Waals surface area contributed by atoms with Gasteiger partial charge in [-0.25, -0.2) is 0 Å². The minimum absolute atomic E-state index is 0.0598. The highest BCUT2D eigenvalue weighted by Gasteiger charge is 2.25. The molecule has 0 aliphatic heterocycles. The van der Waals surface area contributed by atoms with Gasteiger partial charge in [0.2, 0.25) is 8.32 Å². The van der Waals surface area contributed by atoms with Gasteiger partial charge in [0.05, 0.1) is 12.7 Å². The van der Waals surface area contributed by atoms with E-state index in [1.807, 2.05) is 13.0 Å². The lowest BCUT2D eigenvalue weighted by Crippen LogP contribution is -2.34. The van der Waals surface area contributed by atoms with Crippen molar-refractivity contribution in [2.45, 2.75) is 66.2 Å². The van der Waals surface area contributed by atoms with Gasteiger partial charge in [0, 0.05) is 6.08 Å². The van der Waals surface area contributed by atoms with Crippen molar-refractivity contribution < 1.29 is 13.6 Å². The summed E-state index contributed by atoms with van der Waals surface area (Å²) in [7, 11) is -3.23. The molecule has 3 nitrogen and oxygen atoms in total. The Morgan fingerprint density at radius 3 is 1.84 bits per heavy atom. The summed E-state index contributed by atoms with van der Waals surface area (Å²) in [5.41, 5.74) is 0. The fraction of sp³-hybridized carbons (Fsp3) is 0.857. The maximum Gasteiger partial charge on any atom is 0.263 e. The fourth-order valence-corrected chi connectivity index (χ4v) is 3.35. The van der Waals surface area contributed by atoms with Crippen LogP contribution in [0.25, 0.3) is 0 Å². The Hall–Kier alpha value is -0.266. The number of rotatable bonds is 8. The van der Waals surface area contributed by atoms with Crippen molar-refractivity contribution in [1.29, 1.82) is 0 Å². The number of hydrogen-bond donors (Lipinski definition) is 0. The van der Waals surface area contributed by atoms with Crippen LogP contribution in [0.15, 0.2) is 12.0 Å². The zero-order valence-electron chi connectivity index (χ0n) is 14.2. The third-order valence-electron chi connectivity index (χ3n) is 2.14. The van der Waals surface area contributed by atoms with Crippen LogP contribution in [0.4, 0.5) is 0 Å². The molecule has 0 aliphatic rings. The Kier molecular flexibility index (Phi) is 7.39. The largest absolute Gasteiger partial charge is 0.520 e. The Morgan fingerprint density at radius 1 is 1.00 bits per heavy atom. The predicted octanol–water partition coefficient (Wildman–Crippen LogP) is 4.59. The maximum absolute atomic E-state index is 6.21. The van der Waals surface area contributed by atoms with Crippen molar-refractivity contribution in [2.24, 2.45) is 5.92 Å². The molecular formula is C14H32O3Si2. The highest BCUT2D eigenvalue weighted by Crippen LogP contribution is 2.20. The van der Waals surface area contributed by atoms with Gasteiger partial charge in [-0.1, -0.05) is 13.8 Å². The van der Waals surface area contributed by atoms with Crippen LogP contribution in [0.5, 0.6) is 0 Å². The van der Waals surface area contributed by atoms with Crippen molar-refractivity contribution in [1.82, 2.24) is 0 Å². The quantitative estimate of drug-likeness (QED) is 0.485. The van der Waals surface area contributed by atoms with E-state index in [0.29, 0.717) is 18.5 Å². The Labute approximate surface area is 121 Å². The molecule has 0 aromatic carbocycles. The summed E-state index contributed by atoms with van der Waals surface area (Å²) in [6, 6.07) is 0. The molecule has 1 unspecified atom stereocenters. The summed E-state index contributed by atoms with van der Waals surface area (Å²) < 4.78 is 17.8. The van der Waals surface area contributed by atoms with Crippen LogP contribution in [0.2, 0.25) is 39.3 Å². The predicted molar refractivity (Wildman–Crippen MR) is 87.2 cm³/mol. The van der Waals surface area contributed by atoms with Crippen molar-refractivity contribution >= 4 is 16.6 Å². The van der Waals surface area contributed by atoms with Gasteiger partial charge in [0.15, 0.2) is 8.32 Å². The number of ether oxygens (including phenoxy) is 1. The lowest BCUT2D eigenvalue weighted by molar-refractivity contribution is 0.0986. The Bertz CT molecular complexity index is 288. The topological polar surface area (TPSA) is 27.7 Å². The summed E-state index contributed by atoms with van der Waals surface area (Å²) >= 11 is 0. The third kappa shape index (κ3) is 10.2. The Morgan fingerprint density at radius 2 is 1.53 bits per heavy atom. The summed E-state index contributed by atoms with van der Waals surface area (Å²) in [6.07, 6.45) is 2.08. The lowest BCUT2D eigenvalue weighted by Gasteiger charge is -2.29. The van der Waals surface area contributed by atoms with Crippen LogP contribution < -0.4 is 0 Å². The molecule has 0 radical (unpaired) electrons. The molecule has 1 atom stereocenters. The average molecular weight is 305 g/mol. The van der Waals surface area contributed by atoms with Crippen LogP contribution >= 0.6 is 0 Å².